The van der Waals surface area contributed by atoms with E-state index in [0.717, 1.165) is 5.69 Å². The Morgan fingerprint density at radius 2 is 1.87 bits per heavy atom. The Bertz CT molecular complexity index is 498. The van der Waals surface area contributed by atoms with Gasteiger partial charge in [-0.2, -0.15) is 0 Å². The van der Waals surface area contributed by atoms with E-state index in [-0.39, 0.29) is 0 Å². The molecule has 1 aromatic carbocycles. The first kappa shape index (κ1) is 10.2. The van der Waals surface area contributed by atoms with Crippen molar-refractivity contribution in [3.05, 3.63) is 41.1 Å². The lowest BCUT2D eigenvalue weighted by Gasteiger charge is -2.11. The molecule has 0 bridgehead atoms. The first-order valence-electron chi connectivity index (χ1n) is 5.46. The lowest BCUT2D eigenvalue weighted by molar-refractivity contribution is 0.872. The number of hydrogen-bond acceptors (Lipinski definition) is 1. The predicted molar refractivity (Wildman–Crippen MR) is 65.3 cm³/mol. The van der Waals surface area contributed by atoms with Crippen LogP contribution in [0.25, 0.3) is 10.9 Å². The highest BCUT2D eigenvalue weighted by Crippen LogP contribution is 2.26. The third kappa shape index (κ3) is 1.74. The lowest BCUT2D eigenvalue weighted by atomic mass is 9.97. The number of rotatable bonds is 1. The molecule has 0 spiro atoms. The number of fused-ring (bicyclic) bond motifs is 1. The summed E-state index contributed by atoms with van der Waals surface area (Å²) >= 11 is 0. The Labute approximate surface area is 91.2 Å². The first-order chi connectivity index (χ1) is 7.09. The summed E-state index contributed by atoms with van der Waals surface area (Å²) < 4.78 is 0. The molecule has 0 N–H and O–H groups in total. The summed E-state index contributed by atoms with van der Waals surface area (Å²) in [6, 6.07) is 8.61. The van der Waals surface area contributed by atoms with Crippen LogP contribution in [0.1, 0.15) is 36.6 Å². The fraction of sp³-hybridized carbons (Fsp3) is 0.357. The van der Waals surface area contributed by atoms with E-state index in [1.807, 2.05) is 0 Å². The molecule has 15 heavy (non-hydrogen) atoms. The number of benzene rings is 1. The Balaban J connectivity index is 2.85. The van der Waals surface area contributed by atoms with Crippen LogP contribution >= 0.6 is 0 Å². The van der Waals surface area contributed by atoms with Gasteiger partial charge in [0.2, 0.25) is 0 Å². The van der Waals surface area contributed by atoms with Gasteiger partial charge in [0.15, 0.2) is 0 Å². The van der Waals surface area contributed by atoms with Crippen molar-refractivity contribution in [1.29, 1.82) is 0 Å². The second-order valence-corrected chi connectivity index (χ2v) is 4.48. The summed E-state index contributed by atoms with van der Waals surface area (Å²) in [6.07, 6.45) is 0. The SMILES string of the molecule is Cc1cc(C)c2cccc(C(C)C)c2n1. The highest BCUT2D eigenvalue weighted by Gasteiger charge is 2.07. The van der Waals surface area contributed by atoms with Crippen LogP contribution in [-0.2, 0) is 0 Å². The van der Waals surface area contributed by atoms with Crippen molar-refractivity contribution in [1.82, 2.24) is 4.98 Å². The Morgan fingerprint density at radius 1 is 1.13 bits per heavy atom. The maximum Gasteiger partial charge on any atom is 0.0742 e. The molecule has 78 valence electrons. The lowest BCUT2D eigenvalue weighted by Crippen LogP contribution is -1.94. The van der Waals surface area contributed by atoms with Gasteiger partial charge < -0.3 is 0 Å². The Morgan fingerprint density at radius 3 is 2.53 bits per heavy atom. The Hall–Kier alpha value is -1.37. The minimum absolute atomic E-state index is 0.530. The van der Waals surface area contributed by atoms with Gasteiger partial charge in [0.25, 0.3) is 0 Å². The molecule has 2 aromatic rings. The summed E-state index contributed by atoms with van der Waals surface area (Å²) in [5.74, 6) is 0.530. The van der Waals surface area contributed by atoms with Crippen molar-refractivity contribution < 1.29 is 0 Å². The maximum absolute atomic E-state index is 4.66. The summed E-state index contributed by atoms with van der Waals surface area (Å²) in [4.78, 5) is 4.66. The molecule has 1 aromatic heterocycles. The largest absolute Gasteiger partial charge is 0.253 e. The second kappa shape index (κ2) is 3.65. The molecule has 0 aliphatic heterocycles. The highest BCUT2D eigenvalue weighted by atomic mass is 14.7. The van der Waals surface area contributed by atoms with Crippen LogP contribution in [0.5, 0.6) is 0 Å². The van der Waals surface area contributed by atoms with E-state index >= 15 is 0 Å². The van der Waals surface area contributed by atoms with Gasteiger partial charge in [-0.05, 0) is 37.0 Å². The third-order valence-electron chi connectivity index (χ3n) is 2.83. The predicted octanol–water partition coefficient (Wildman–Crippen LogP) is 3.98. The third-order valence-corrected chi connectivity index (χ3v) is 2.83. The van der Waals surface area contributed by atoms with Gasteiger partial charge in [0, 0.05) is 11.1 Å². The molecule has 0 fully saturated rings. The van der Waals surface area contributed by atoms with Crippen LogP contribution in [0.4, 0.5) is 0 Å². The fourth-order valence-electron chi connectivity index (χ4n) is 2.07. The van der Waals surface area contributed by atoms with Gasteiger partial charge in [-0.3, -0.25) is 4.98 Å². The van der Waals surface area contributed by atoms with Crippen LogP contribution in [0.3, 0.4) is 0 Å². The van der Waals surface area contributed by atoms with E-state index in [9.17, 15) is 0 Å². The number of hydrogen-bond donors (Lipinski definition) is 0. The van der Waals surface area contributed by atoms with E-state index in [0.29, 0.717) is 5.92 Å². The highest BCUT2D eigenvalue weighted by molar-refractivity contribution is 5.85. The number of aromatic nitrogens is 1. The van der Waals surface area contributed by atoms with Crippen molar-refractivity contribution >= 4 is 10.9 Å². The van der Waals surface area contributed by atoms with E-state index < -0.39 is 0 Å². The van der Waals surface area contributed by atoms with Gasteiger partial charge in [-0.25, -0.2) is 0 Å². The minimum atomic E-state index is 0.530. The van der Waals surface area contributed by atoms with Crippen LogP contribution in [0.2, 0.25) is 0 Å². The monoisotopic (exact) mass is 199 g/mol. The van der Waals surface area contributed by atoms with E-state index in [1.165, 1.54) is 22.0 Å². The second-order valence-electron chi connectivity index (χ2n) is 4.48. The molecule has 0 saturated heterocycles. The molecule has 0 atom stereocenters. The first-order valence-corrected chi connectivity index (χ1v) is 5.46. The van der Waals surface area contributed by atoms with Crippen LogP contribution in [0.15, 0.2) is 24.3 Å². The van der Waals surface area contributed by atoms with Gasteiger partial charge in [0.1, 0.15) is 0 Å². The van der Waals surface area contributed by atoms with Crippen molar-refractivity contribution in [3.8, 4) is 0 Å². The molecule has 1 nitrogen and oxygen atoms in total. The molecule has 0 radical (unpaired) electrons. The van der Waals surface area contributed by atoms with E-state index in [2.05, 4.69) is 56.9 Å². The number of para-hydroxylation sites is 1. The zero-order chi connectivity index (χ0) is 11.0. The molecule has 0 amide bonds. The minimum Gasteiger partial charge on any atom is -0.253 e. The van der Waals surface area contributed by atoms with E-state index in [1.54, 1.807) is 0 Å². The quantitative estimate of drug-likeness (QED) is 0.677. The van der Waals surface area contributed by atoms with Crippen LogP contribution in [0, 0.1) is 13.8 Å². The molecule has 0 aliphatic rings. The van der Waals surface area contributed by atoms with Crippen molar-refractivity contribution in [2.75, 3.05) is 0 Å². The van der Waals surface area contributed by atoms with Gasteiger partial charge in [0.05, 0.1) is 5.52 Å². The zero-order valence-corrected chi connectivity index (χ0v) is 9.83. The van der Waals surface area contributed by atoms with E-state index in [4.69, 9.17) is 0 Å². The molecule has 1 heterocycles. The van der Waals surface area contributed by atoms with Gasteiger partial charge in [-0.15, -0.1) is 0 Å². The van der Waals surface area contributed by atoms with Gasteiger partial charge >= 0.3 is 0 Å². The molecular weight excluding hydrogens is 182 g/mol. The van der Waals surface area contributed by atoms with Crippen molar-refractivity contribution in [2.45, 2.75) is 33.6 Å². The average Bonchev–Trinajstić information content (AvgIpc) is 2.16. The Kier molecular flexibility index (Phi) is 2.47. The number of aryl methyl sites for hydroxylation is 2. The summed E-state index contributed by atoms with van der Waals surface area (Å²) in [5, 5.41) is 1.28. The standard InChI is InChI=1S/C14H17N/c1-9(2)12-6-5-7-13-10(3)8-11(4)15-14(12)13/h5-9H,1-4H3. The molecular formula is C14H17N. The molecule has 0 unspecified atom stereocenters. The summed E-state index contributed by atoms with van der Waals surface area (Å²) in [7, 11) is 0. The fourth-order valence-corrected chi connectivity index (χ4v) is 2.07. The molecule has 1 heteroatoms. The summed E-state index contributed by atoms with van der Waals surface area (Å²) in [6.45, 7) is 8.65. The zero-order valence-electron chi connectivity index (χ0n) is 9.83. The number of nitrogens with zero attached hydrogens (tertiary/aromatic N) is 1. The topological polar surface area (TPSA) is 12.9 Å². The maximum atomic E-state index is 4.66. The normalized spacial score (nSPS) is 11.3. The molecule has 0 aliphatic carbocycles. The molecule has 0 saturated carbocycles. The summed E-state index contributed by atoms with van der Waals surface area (Å²) in [5.41, 5.74) is 4.94. The van der Waals surface area contributed by atoms with Crippen LogP contribution < -0.4 is 0 Å². The van der Waals surface area contributed by atoms with Crippen molar-refractivity contribution in [3.63, 3.8) is 0 Å². The van der Waals surface area contributed by atoms with Gasteiger partial charge in [-0.1, -0.05) is 32.0 Å². The molecule has 2 rings (SSSR count). The number of pyridine rings is 1. The van der Waals surface area contributed by atoms with Crippen LogP contribution in [-0.4, -0.2) is 4.98 Å². The smallest absolute Gasteiger partial charge is 0.0742 e. The van der Waals surface area contributed by atoms with Crippen molar-refractivity contribution in [2.24, 2.45) is 0 Å². The average molecular weight is 199 g/mol.